The van der Waals surface area contributed by atoms with Crippen molar-refractivity contribution >= 4 is 0 Å². The minimum atomic E-state index is 0.0563. The minimum absolute atomic E-state index is 0.0563. The number of aliphatic hydroxyl groups excluding tert-OH is 1. The van der Waals surface area contributed by atoms with Gasteiger partial charge in [0.15, 0.2) is 0 Å². The predicted octanol–water partition coefficient (Wildman–Crippen LogP) is 3.10. The Bertz CT molecular complexity index is 564. The van der Waals surface area contributed by atoms with Crippen molar-refractivity contribution in [2.75, 3.05) is 6.61 Å². The quantitative estimate of drug-likeness (QED) is 0.821. The Kier molecular flexibility index (Phi) is 4.42. The fraction of sp³-hybridized carbons (Fsp3) is 0.444. The van der Waals surface area contributed by atoms with Crippen molar-refractivity contribution < 1.29 is 9.52 Å². The van der Waals surface area contributed by atoms with Gasteiger partial charge in [-0.1, -0.05) is 37.3 Å². The van der Waals surface area contributed by atoms with Crippen molar-refractivity contribution in [2.45, 2.75) is 38.3 Å². The first-order valence-electron chi connectivity index (χ1n) is 7.73. The first-order chi connectivity index (χ1) is 10.3. The molecule has 0 aliphatic heterocycles. The van der Waals surface area contributed by atoms with Crippen molar-refractivity contribution in [3.63, 3.8) is 0 Å². The Hall–Kier alpha value is -1.58. The Balaban J connectivity index is 1.51. The van der Waals surface area contributed by atoms with Gasteiger partial charge in [-0.15, -0.1) is 0 Å². The van der Waals surface area contributed by atoms with Gasteiger partial charge in [0.25, 0.3) is 0 Å². The van der Waals surface area contributed by atoms with Crippen LogP contribution >= 0.6 is 0 Å². The average molecular weight is 285 g/mol. The summed E-state index contributed by atoms with van der Waals surface area (Å²) in [5.41, 5.74) is 1.23. The monoisotopic (exact) mass is 285 g/mol. The molecule has 0 bridgehead atoms. The summed E-state index contributed by atoms with van der Waals surface area (Å²) >= 11 is 0. The summed E-state index contributed by atoms with van der Waals surface area (Å²) in [4.78, 5) is 0. The van der Waals surface area contributed by atoms with Crippen LogP contribution in [0.4, 0.5) is 0 Å². The second-order valence-electron chi connectivity index (χ2n) is 6.07. The van der Waals surface area contributed by atoms with E-state index in [1.807, 2.05) is 24.3 Å². The van der Waals surface area contributed by atoms with Crippen LogP contribution in [-0.2, 0) is 13.0 Å². The Labute approximate surface area is 126 Å². The first-order valence-corrected chi connectivity index (χ1v) is 7.73. The van der Waals surface area contributed by atoms with Crippen LogP contribution in [0.15, 0.2) is 46.9 Å². The zero-order valence-electron chi connectivity index (χ0n) is 12.5. The van der Waals surface area contributed by atoms with Gasteiger partial charge in [-0.25, -0.2) is 0 Å². The minimum Gasteiger partial charge on any atom is -0.464 e. The fourth-order valence-corrected chi connectivity index (χ4v) is 2.75. The average Bonchev–Trinajstić information content (AvgIpc) is 3.06. The highest BCUT2D eigenvalue weighted by molar-refractivity contribution is 5.18. The van der Waals surface area contributed by atoms with E-state index < -0.39 is 0 Å². The van der Waals surface area contributed by atoms with Gasteiger partial charge in [0.2, 0.25) is 0 Å². The van der Waals surface area contributed by atoms with Gasteiger partial charge in [-0.2, -0.15) is 0 Å². The second-order valence-corrected chi connectivity index (χ2v) is 6.07. The maximum absolute atomic E-state index is 9.51. The highest BCUT2D eigenvalue weighted by atomic mass is 16.3. The summed E-state index contributed by atoms with van der Waals surface area (Å²) in [6.07, 6.45) is 2.07. The van der Waals surface area contributed by atoms with Crippen molar-refractivity contribution in [1.29, 1.82) is 0 Å². The van der Waals surface area contributed by atoms with Gasteiger partial charge in [-0.05, 0) is 36.5 Å². The number of hydrogen-bond acceptors (Lipinski definition) is 3. The lowest BCUT2D eigenvalue weighted by Crippen LogP contribution is -2.33. The van der Waals surface area contributed by atoms with E-state index in [0.717, 1.165) is 23.9 Å². The van der Waals surface area contributed by atoms with E-state index >= 15 is 0 Å². The Morgan fingerprint density at radius 2 is 2.00 bits per heavy atom. The Morgan fingerprint density at radius 3 is 2.67 bits per heavy atom. The number of benzene rings is 1. The molecule has 0 amide bonds. The van der Waals surface area contributed by atoms with Gasteiger partial charge < -0.3 is 14.8 Å². The van der Waals surface area contributed by atoms with Crippen LogP contribution in [0.5, 0.6) is 0 Å². The molecule has 2 aromatic rings. The molecule has 0 saturated heterocycles. The number of hydrogen-bond donors (Lipinski definition) is 2. The third-order valence-corrected chi connectivity index (χ3v) is 4.27. The van der Waals surface area contributed by atoms with E-state index in [2.05, 4.69) is 30.4 Å². The van der Waals surface area contributed by atoms with Crippen LogP contribution in [0, 0.1) is 5.92 Å². The standard InChI is InChI=1S/C18H23NO2/c1-13-9-17(13)18-8-7-16(21-18)11-19-15(12-20)10-14-5-3-2-4-6-14/h2-8,13,15,17,19-20H,9-12H2,1H3/t13?,15-,17?/m1/s1. The SMILES string of the molecule is CC1CC1c1ccc(CN[C@@H](CO)Cc2ccccc2)o1. The molecule has 1 aromatic carbocycles. The molecule has 1 saturated carbocycles. The van der Waals surface area contributed by atoms with Gasteiger partial charge in [0, 0.05) is 12.0 Å². The molecular weight excluding hydrogens is 262 g/mol. The van der Waals surface area contributed by atoms with Crippen LogP contribution in [0.1, 0.15) is 36.3 Å². The molecule has 3 atom stereocenters. The van der Waals surface area contributed by atoms with E-state index in [-0.39, 0.29) is 12.6 Å². The first kappa shape index (κ1) is 14.4. The molecule has 0 spiro atoms. The lowest BCUT2D eigenvalue weighted by Gasteiger charge is -2.15. The number of furan rings is 1. The molecule has 3 heteroatoms. The molecule has 2 N–H and O–H groups in total. The molecule has 1 aliphatic carbocycles. The van der Waals surface area contributed by atoms with Crippen LogP contribution in [0.3, 0.4) is 0 Å². The zero-order chi connectivity index (χ0) is 14.7. The Morgan fingerprint density at radius 1 is 1.24 bits per heavy atom. The maximum Gasteiger partial charge on any atom is 0.117 e. The highest BCUT2D eigenvalue weighted by Crippen LogP contribution is 2.47. The van der Waals surface area contributed by atoms with Gasteiger partial charge >= 0.3 is 0 Å². The molecular formula is C18H23NO2. The topological polar surface area (TPSA) is 45.4 Å². The van der Waals surface area contributed by atoms with E-state index in [1.165, 1.54) is 12.0 Å². The number of aliphatic hydroxyl groups is 1. The lowest BCUT2D eigenvalue weighted by atomic mass is 10.1. The fourth-order valence-electron chi connectivity index (χ4n) is 2.75. The van der Waals surface area contributed by atoms with Crippen LogP contribution < -0.4 is 5.32 Å². The van der Waals surface area contributed by atoms with Crippen LogP contribution in [0.2, 0.25) is 0 Å². The van der Waals surface area contributed by atoms with Crippen LogP contribution in [0.25, 0.3) is 0 Å². The summed E-state index contributed by atoms with van der Waals surface area (Å²) < 4.78 is 5.88. The van der Waals surface area contributed by atoms with Crippen molar-refractivity contribution in [3.05, 3.63) is 59.5 Å². The van der Waals surface area contributed by atoms with Gasteiger partial charge in [-0.3, -0.25) is 0 Å². The van der Waals surface area contributed by atoms with Crippen molar-refractivity contribution in [2.24, 2.45) is 5.92 Å². The third kappa shape index (κ3) is 3.74. The highest BCUT2D eigenvalue weighted by Gasteiger charge is 2.36. The summed E-state index contributed by atoms with van der Waals surface area (Å²) in [7, 11) is 0. The summed E-state index contributed by atoms with van der Waals surface area (Å²) in [5.74, 6) is 3.45. The molecule has 1 aliphatic rings. The van der Waals surface area contributed by atoms with E-state index in [4.69, 9.17) is 4.42 Å². The molecule has 1 aromatic heterocycles. The number of nitrogens with one attached hydrogen (secondary N) is 1. The summed E-state index contributed by atoms with van der Waals surface area (Å²) in [6.45, 7) is 3.05. The maximum atomic E-state index is 9.51. The van der Waals surface area contributed by atoms with Gasteiger partial charge in [0.05, 0.1) is 13.2 Å². The van der Waals surface area contributed by atoms with Crippen LogP contribution in [-0.4, -0.2) is 17.8 Å². The predicted molar refractivity (Wildman–Crippen MR) is 83.1 cm³/mol. The number of rotatable bonds is 7. The van der Waals surface area contributed by atoms with E-state index in [1.54, 1.807) is 0 Å². The normalized spacial score (nSPS) is 22.2. The molecule has 21 heavy (non-hydrogen) atoms. The molecule has 3 rings (SSSR count). The third-order valence-electron chi connectivity index (χ3n) is 4.27. The van der Waals surface area contributed by atoms with E-state index in [9.17, 15) is 5.11 Å². The molecule has 1 fully saturated rings. The largest absolute Gasteiger partial charge is 0.464 e. The summed E-state index contributed by atoms with van der Waals surface area (Å²) in [6, 6.07) is 14.4. The second kappa shape index (κ2) is 6.46. The lowest BCUT2D eigenvalue weighted by molar-refractivity contribution is 0.237. The smallest absolute Gasteiger partial charge is 0.117 e. The molecule has 0 radical (unpaired) electrons. The summed E-state index contributed by atoms with van der Waals surface area (Å²) in [5, 5.41) is 12.9. The van der Waals surface area contributed by atoms with Gasteiger partial charge in [0.1, 0.15) is 11.5 Å². The molecule has 2 unspecified atom stereocenters. The van der Waals surface area contributed by atoms with Crippen molar-refractivity contribution in [1.82, 2.24) is 5.32 Å². The van der Waals surface area contributed by atoms with E-state index in [0.29, 0.717) is 12.5 Å². The molecule has 1 heterocycles. The molecule has 3 nitrogen and oxygen atoms in total. The molecule has 112 valence electrons. The van der Waals surface area contributed by atoms with Crippen molar-refractivity contribution in [3.8, 4) is 0 Å². The zero-order valence-corrected chi connectivity index (χ0v) is 12.5.